The van der Waals surface area contributed by atoms with Crippen molar-refractivity contribution in [1.82, 2.24) is 5.32 Å². The summed E-state index contributed by atoms with van der Waals surface area (Å²) in [6.45, 7) is 5.32. The molecule has 3 nitrogen and oxygen atoms in total. The molecule has 0 amide bonds. The lowest BCUT2D eigenvalue weighted by atomic mass is 10.1. The van der Waals surface area contributed by atoms with E-state index in [0.29, 0.717) is 17.4 Å². The van der Waals surface area contributed by atoms with E-state index < -0.39 is 0 Å². The molecule has 1 aromatic rings. The number of benzene rings is 1. The fourth-order valence-corrected chi connectivity index (χ4v) is 1.79. The van der Waals surface area contributed by atoms with E-state index >= 15 is 0 Å². The number of rotatable bonds is 5. The van der Waals surface area contributed by atoms with Crippen molar-refractivity contribution in [3.8, 4) is 0 Å². The van der Waals surface area contributed by atoms with Gasteiger partial charge in [0.1, 0.15) is 5.82 Å². The third-order valence-corrected chi connectivity index (χ3v) is 2.95. The highest BCUT2D eigenvalue weighted by Crippen LogP contribution is 2.16. The van der Waals surface area contributed by atoms with Gasteiger partial charge in [-0.25, -0.2) is 9.38 Å². The van der Waals surface area contributed by atoms with E-state index in [9.17, 15) is 4.39 Å². The van der Waals surface area contributed by atoms with E-state index in [-0.39, 0.29) is 36.3 Å². The second kappa shape index (κ2) is 9.52. The van der Waals surface area contributed by atoms with E-state index in [1.54, 1.807) is 12.1 Å². The Morgan fingerprint density at radius 2 is 2.16 bits per heavy atom. The van der Waals surface area contributed by atoms with Crippen LogP contribution in [-0.4, -0.2) is 12.5 Å². The predicted octanol–water partition coefficient (Wildman–Crippen LogP) is 3.66. The lowest BCUT2D eigenvalue weighted by Gasteiger charge is -2.07. The average Bonchev–Trinajstić information content (AvgIpc) is 2.30. The maximum Gasteiger partial charge on any atom is 0.188 e. The fraction of sp³-hybridized carbons (Fsp3) is 0.462. The number of hydrogen-bond acceptors (Lipinski definition) is 1. The van der Waals surface area contributed by atoms with Crippen molar-refractivity contribution in [2.24, 2.45) is 16.6 Å². The van der Waals surface area contributed by atoms with Crippen molar-refractivity contribution >= 4 is 45.9 Å². The van der Waals surface area contributed by atoms with Crippen molar-refractivity contribution in [1.29, 1.82) is 0 Å². The van der Waals surface area contributed by atoms with Crippen molar-refractivity contribution < 1.29 is 4.39 Å². The first kappa shape index (κ1) is 18.6. The van der Waals surface area contributed by atoms with Crippen LogP contribution in [0.2, 0.25) is 0 Å². The minimum atomic E-state index is -0.267. The molecular weight excluding hydrogens is 424 g/mol. The molecule has 108 valence electrons. The molecule has 0 unspecified atom stereocenters. The summed E-state index contributed by atoms with van der Waals surface area (Å²) in [5.74, 6) is 0.708. The summed E-state index contributed by atoms with van der Waals surface area (Å²) in [5.41, 5.74) is 6.23. The van der Waals surface area contributed by atoms with Crippen LogP contribution in [0, 0.1) is 11.7 Å². The third kappa shape index (κ3) is 7.71. The Hall–Kier alpha value is -0.370. The first-order valence-electron chi connectivity index (χ1n) is 5.96. The second-order valence-electron chi connectivity index (χ2n) is 4.55. The van der Waals surface area contributed by atoms with Crippen LogP contribution in [0.1, 0.15) is 25.8 Å². The molecule has 0 saturated heterocycles. The Labute approximate surface area is 139 Å². The van der Waals surface area contributed by atoms with Crippen LogP contribution in [0.4, 0.5) is 4.39 Å². The van der Waals surface area contributed by atoms with Gasteiger partial charge in [-0.15, -0.1) is 24.0 Å². The molecule has 0 aliphatic heterocycles. The minimum Gasteiger partial charge on any atom is -0.370 e. The van der Waals surface area contributed by atoms with E-state index in [1.807, 2.05) is 0 Å². The first-order valence-corrected chi connectivity index (χ1v) is 6.76. The van der Waals surface area contributed by atoms with E-state index in [1.165, 1.54) is 6.07 Å². The highest BCUT2D eigenvalue weighted by atomic mass is 127. The van der Waals surface area contributed by atoms with Gasteiger partial charge < -0.3 is 11.1 Å². The Morgan fingerprint density at radius 1 is 1.47 bits per heavy atom. The molecule has 0 heterocycles. The molecule has 0 fully saturated rings. The first-order chi connectivity index (χ1) is 8.49. The molecule has 0 aliphatic rings. The Balaban J connectivity index is 0.00000324. The van der Waals surface area contributed by atoms with Crippen LogP contribution < -0.4 is 11.1 Å². The zero-order valence-corrected chi connectivity index (χ0v) is 15.0. The summed E-state index contributed by atoms with van der Waals surface area (Å²) >= 11 is 3.30. The topological polar surface area (TPSA) is 50.4 Å². The van der Waals surface area contributed by atoms with Gasteiger partial charge in [0.25, 0.3) is 0 Å². The van der Waals surface area contributed by atoms with E-state index in [2.05, 4.69) is 40.1 Å². The molecule has 0 radical (unpaired) electrons. The number of nitrogens with one attached hydrogen (secondary N) is 1. The van der Waals surface area contributed by atoms with Gasteiger partial charge in [0.15, 0.2) is 5.96 Å². The summed E-state index contributed by atoms with van der Waals surface area (Å²) in [5, 5.41) is 3.01. The summed E-state index contributed by atoms with van der Waals surface area (Å²) in [6.07, 6.45) is 1.03. The zero-order chi connectivity index (χ0) is 13.5. The van der Waals surface area contributed by atoms with Gasteiger partial charge in [-0.05, 0) is 30.5 Å². The molecule has 0 atom stereocenters. The Kier molecular flexibility index (Phi) is 9.34. The highest BCUT2D eigenvalue weighted by molar-refractivity contribution is 14.0. The number of aliphatic imine (C=N–C) groups is 1. The van der Waals surface area contributed by atoms with Crippen molar-refractivity contribution in [3.05, 3.63) is 34.1 Å². The SMILES string of the molecule is CC(C)CCNC(N)=NCc1cc(Br)ccc1F.I. The van der Waals surface area contributed by atoms with Crippen LogP contribution in [0.15, 0.2) is 27.7 Å². The van der Waals surface area contributed by atoms with Crippen LogP contribution in [-0.2, 0) is 6.54 Å². The number of guanidine groups is 1. The molecule has 3 N–H and O–H groups in total. The second-order valence-corrected chi connectivity index (χ2v) is 5.46. The fourth-order valence-electron chi connectivity index (χ4n) is 1.38. The van der Waals surface area contributed by atoms with E-state index in [4.69, 9.17) is 5.73 Å². The average molecular weight is 444 g/mol. The predicted molar refractivity (Wildman–Crippen MR) is 92.3 cm³/mol. The molecule has 0 spiro atoms. The number of hydrogen-bond donors (Lipinski definition) is 2. The molecule has 0 bridgehead atoms. The summed E-state index contributed by atoms with van der Waals surface area (Å²) < 4.78 is 14.3. The Bertz CT molecular complexity index is 424. The molecule has 1 aromatic carbocycles. The Morgan fingerprint density at radius 3 is 2.79 bits per heavy atom. The van der Waals surface area contributed by atoms with Gasteiger partial charge in [-0.1, -0.05) is 29.8 Å². The van der Waals surface area contributed by atoms with Gasteiger partial charge in [0, 0.05) is 16.6 Å². The van der Waals surface area contributed by atoms with Crippen LogP contribution >= 0.6 is 39.9 Å². The lowest BCUT2D eigenvalue weighted by Crippen LogP contribution is -2.32. The normalized spacial score (nSPS) is 11.3. The quantitative estimate of drug-likeness (QED) is 0.414. The van der Waals surface area contributed by atoms with Gasteiger partial charge in [0.2, 0.25) is 0 Å². The van der Waals surface area contributed by atoms with Gasteiger partial charge >= 0.3 is 0 Å². The maximum absolute atomic E-state index is 13.4. The summed E-state index contributed by atoms with van der Waals surface area (Å²) in [7, 11) is 0. The van der Waals surface area contributed by atoms with Crippen molar-refractivity contribution in [3.63, 3.8) is 0 Å². The minimum absolute atomic E-state index is 0. The largest absolute Gasteiger partial charge is 0.370 e. The van der Waals surface area contributed by atoms with Crippen LogP contribution in [0.5, 0.6) is 0 Å². The van der Waals surface area contributed by atoms with E-state index in [0.717, 1.165) is 17.4 Å². The highest BCUT2D eigenvalue weighted by Gasteiger charge is 2.02. The van der Waals surface area contributed by atoms with Crippen molar-refractivity contribution in [2.45, 2.75) is 26.8 Å². The van der Waals surface area contributed by atoms with Crippen LogP contribution in [0.25, 0.3) is 0 Å². The smallest absolute Gasteiger partial charge is 0.188 e. The van der Waals surface area contributed by atoms with Gasteiger partial charge in [-0.2, -0.15) is 0 Å². The van der Waals surface area contributed by atoms with Crippen molar-refractivity contribution in [2.75, 3.05) is 6.54 Å². The molecule has 19 heavy (non-hydrogen) atoms. The zero-order valence-electron chi connectivity index (χ0n) is 11.1. The number of nitrogens with zero attached hydrogens (tertiary/aromatic N) is 1. The van der Waals surface area contributed by atoms with Gasteiger partial charge in [-0.3, -0.25) is 0 Å². The van der Waals surface area contributed by atoms with Crippen LogP contribution in [0.3, 0.4) is 0 Å². The third-order valence-electron chi connectivity index (χ3n) is 2.46. The standard InChI is InChI=1S/C13H19BrFN3.HI/c1-9(2)5-6-17-13(16)18-8-10-7-11(14)3-4-12(10)15;/h3-4,7,9H,5-6,8H2,1-2H3,(H3,16,17,18);1H. The number of halogens is 3. The number of nitrogens with two attached hydrogens (primary N) is 1. The molecular formula is C13H20BrFIN3. The van der Waals surface area contributed by atoms with Gasteiger partial charge in [0.05, 0.1) is 6.54 Å². The molecule has 1 rings (SSSR count). The molecule has 0 saturated carbocycles. The summed E-state index contributed by atoms with van der Waals surface area (Å²) in [6, 6.07) is 4.78. The molecule has 0 aliphatic carbocycles. The summed E-state index contributed by atoms with van der Waals surface area (Å²) in [4.78, 5) is 4.12. The maximum atomic E-state index is 13.4. The molecule has 6 heteroatoms. The monoisotopic (exact) mass is 443 g/mol. The molecule has 0 aromatic heterocycles. The lowest BCUT2D eigenvalue weighted by molar-refractivity contribution is 0.576.